The van der Waals surface area contributed by atoms with Crippen molar-refractivity contribution in [1.29, 1.82) is 0 Å². The van der Waals surface area contributed by atoms with Crippen LogP contribution in [0.3, 0.4) is 0 Å². The van der Waals surface area contributed by atoms with Gasteiger partial charge < -0.3 is 14.8 Å². The minimum atomic E-state index is -3.65. The van der Waals surface area contributed by atoms with E-state index in [1.165, 1.54) is 35.7 Å². The maximum Gasteiger partial charge on any atom is 0.282 e. The van der Waals surface area contributed by atoms with Crippen molar-refractivity contribution in [2.45, 2.75) is 13.0 Å². The molecule has 1 heterocycles. The molecule has 0 aromatic heterocycles. The number of carbonyl (C=O) groups excluding carboxylic acids is 1. The van der Waals surface area contributed by atoms with Gasteiger partial charge in [-0.1, -0.05) is 12.1 Å². The van der Waals surface area contributed by atoms with Crippen molar-refractivity contribution in [3.8, 4) is 11.5 Å². The fourth-order valence-corrected chi connectivity index (χ4v) is 4.76. The summed E-state index contributed by atoms with van der Waals surface area (Å²) in [4.78, 5) is 22.7. The Balaban J connectivity index is 1.65. The molecule has 31 heavy (non-hydrogen) atoms. The zero-order valence-electron chi connectivity index (χ0n) is 17.2. The summed E-state index contributed by atoms with van der Waals surface area (Å²) < 4.78 is 37.5. The summed E-state index contributed by atoms with van der Waals surface area (Å²) >= 11 is 0. The smallest absolute Gasteiger partial charge is 0.282 e. The molecule has 0 saturated carbocycles. The van der Waals surface area contributed by atoms with Gasteiger partial charge in [0.1, 0.15) is 5.56 Å². The minimum absolute atomic E-state index is 0.113. The zero-order valence-corrected chi connectivity index (χ0v) is 18.0. The molecule has 1 aliphatic heterocycles. The van der Waals surface area contributed by atoms with Gasteiger partial charge in [-0.05, 0) is 35.7 Å². The Morgan fingerprint density at radius 2 is 1.81 bits per heavy atom. The molecule has 1 aliphatic rings. The van der Waals surface area contributed by atoms with Crippen LogP contribution >= 0.6 is 0 Å². The Bertz CT molecular complexity index is 1100. The largest absolute Gasteiger partial charge is 0.493 e. The lowest BCUT2D eigenvalue weighted by Crippen LogP contribution is -2.40. The third-order valence-electron chi connectivity index (χ3n) is 5.07. The molecular weight excluding hydrogens is 426 g/mol. The first kappa shape index (κ1) is 22.5. The van der Waals surface area contributed by atoms with E-state index in [9.17, 15) is 23.3 Å². The van der Waals surface area contributed by atoms with Gasteiger partial charge in [0.2, 0.25) is 10.0 Å². The summed E-state index contributed by atoms with van der Waals surface area (Å²) in [5, 5.41) is 13.5. The first-order valence-corrected chi connectivity index (χ1v) is 11.1. The molecule has 1 amide bonds. The molecule has 0 spiro atoms. The third kappa shape index (κ3) is 4.94. The molecule has 166 valence electrons. The number of nitro benzene ring substituents is 1. The van der Waals surface area contributed by atoms with Crippen LogP contribution in [-0.4, -0.2) is 56.6 Å². The van der Waals surface area contributed by atoms with E-state index in [2.05, 4.69) is 5.32 Å². The average molecular weight is 449 g/mol. The van der Waals surface area contributed by atoms with Crippen molar-refractivity contribution in [3.63, 3.8) is 0 Å². The van der Waals surface area contributed by atoms with Gasteiger partial charge >= 0.3 is 0 Å². The molecule has 0 bridgehead atoms. The lowest BCUT2D eigenvalue weighted by atomic mass is 10.0. The number of fused-ring (bicyclic) bond motifs is 1. The molecule has 10 nitrogen and oxygen atoms in total. The second-order valence-electron chi connectivity index (χ2n) is 6.91. The number of hydrogen-bond donors (Lipinski definition) is 1. The van der Waals surface area contributed by atoms with Gasteiger partial charge in [-0.15, -0.1) is 0 Å². The Kier molecular flexibility index (Phi) is 6.76. The van der Waals surface area contributed by atoms with Crippen LogP contribution in [0.4, 0.5) is 5.69 Å². The van der Waals surface area contributed by atoms with E-state index in [4.69, 9.17) is 9.47 Å². The molecule has 0 unspecified atom stereocenters. The Morgan fingerprint density at radius 1 is 1.16 bits per heavy atom. The maximum absolute atomic E-state index is 12.8. The van der Waals surface area contributed by atoms with Crippen molar-refractivity contribution < 1.29 is 27.6 Å². The number of sulfonamides is 1. The standard InChI is InChI=1S/C20H23N3O7S/c1-29-18-11-14-7-9-22(13-15(14)12-19(18)30-2)31(27,28)10-8-21-20(24)16-5-3-4-6-17(16)23(25)26/h3-6,11-12H,7-10,13H2,1-2H3,(H,21,24). The van der Waals surface area contributed by atoms with Crippen LogP contribution in [0.15, 0.2) is 36.4 Å². The molecule has 0 atom stereocenters. The van der Waals surface area contributed by atoms with Crippen LogP contribution in [0, 0.1) is 10.1 Å². The summed E-state index contributed by atoms with van der Waals surface area (Å²) in [6.07, 6.45) is 0.525. The number of para-hydroxylation sites is 1. The van der Waals surface area contributed by atoms with E-state index in [-0.39, 0.29) is 30.1 Å². The SMILES string of the molecule is COc1cc2c(cc1OC)CN(S(=O)(=O)CCNC(=O)c1ccccc1[N+](=O)[O-])CC2. The minimum Gasteiger partial charge on any atom is -0.493 e. The van der Waals surface area contributed by atoms with E-state index in [1.807, 2.05) is 6.07 Å². The number of ether oxygens (including phenoxy) is 2. The molecule has 0 aliphatic carbocycles. The predicted molar refractivity (Wildman–Crippen MR) is 113 cm³/mol. The van der Waals surface area contributed by atoms with Crippen molar-refractivity contribution in [1.82, 2.24) is 9.62 Å². The summed E-state index contributed by atoms with van der Waals surface area (Å²) in [6.45, 7) is 0.335. The highest BCUT2D eigenvalue weighted by atomic mass is 32.2. The molecular formula is C20H23N3O7S. The van der Waals surface area contributed by atoms with Crippen molar-refractivity contribution in [3.05, 3.63) is 63.2 Å². The van der Waals surface area contributed by atoms with Crippen molar-refractivity contribution in [2.75, 3.05) is 33.1 Å². The fraction of sp³-hybridized carbons (Fsp3) is 0.350. The first-order valence-electron chi connectivity index (χ1n) is 9.50. The van der Waals surface area contributed by atoms with Crippen LogP contribution < -0.4 is 14.8 Å². The highest BCUT2D eigenvalue weighted by molar-refractivity contribution is 7.89. The van der Waals surface area contributed by atoms with E-state index < -0.39 is 20.9 Å². The van der Waals surface area contributed by atoms with Crippen LogP contribution in [-0.2, 0) is 23.0 Å². The number of amides is 1. The molecule has 1 N–H and O–H groups in total. The molecule has 2 aromatic carbocycles. The Hall–Kier alpha value is -3.18. The Labute approximate surface area is 180 Å². The zero-order chi connectivity index (χ0) is 22.6. The summed E-state index contributed by atoms with van der Waals surface area (Å²) in [5.41, 5.74) is 1.38. The number of nitrogens with zero attached hydrogens (tertiary/aromatic N) is 2. The second-order valence-corrected chi connectivity index (χ2v) is 8.99. The topological polar surface area (TPSA) is 128 Å². The highest BCUT2D eigenvalue weighted by Gasteiger charge is 2.28. The van der Waals surface area contributed by atoms with Gasteiger partial charge in [0, 0.05) is 25.7 Å². The van der Waals surface area contributed by atoms with Gasteiger partial charge in [-0.2, -0.15) is 4.31 Å². The van der Waals surface area contributed by atoms with E-state index in [0.29, 0.717) is 24.5 Å². The molecule has 11 heteroatoms. The number of nitro groups is 1. The average Bonchev–Trinajstić information content (AvgIpc) is 2.77. The number of rotatable bonds is 8. The summed E-state index contributed by atoms with van der Waals surface area (Å²) in [7, 11) is -0.594. The molecule has 0 radical (unpaired) electrons. The third-order valence-corrected chi connectivity index (χ3v) is 6.89. The molecule has 0 saturated heterocycles. The van der Waals surface area contributed by atoms with Gasteiger partial charge in [0.25, 0.3) is 11.6 Å². The lowest BCUT2D eigenvalue weighted by Gasteiger charge is -2.29. The number of benzene rings is 2. The van der Waals surface area contributed by atoms with Crippen molar-refractivity contribution in [2.24, 2.45) is 0 Å². The molecule has 2 aromatic rings. The maximum atomic E-state index is 12.8. The van der Waals surface area contributed by atoms with E-state index in [0.717, 1.165) is 11.1 Å². The van der Waals surface area contributed by atoms with Crippen LogP contribution in [0.2, 0.25) is 0 Å². The summed E-state index contributed by atoms with van der Waals surface area (Å²) in [6, 6.07) is 9.13. The quantitative estimate of drug-likeness (QED) is 0.480. The Morgan fingerprint density at radius 3 is 2.45 bits per heavy atom. The number of carbonyl (C=O) groups is 1. The highest BCUT2D eigenvalue weighted by Crippen LogP contribution is 2.33. The van der Waals surface area contributed by atoms with Gasteiger partial charge in [-0.25, -0.2) is 8.42 Å². The number of nitrogens with one attached hydrogen (secondary N) is 1. The van der Waals surface area contributed by atoms with Crippen LogP contribution in [0.5, 0.6) is 11.5 Å². The van der Waals surface area contributed by atoms with Gasteiger partial charge in [0.05, 0.1) is 24.9 Å². The molecule has 3 rings (SSSR count). The number of hydrogen-bond acceptors (Lipinski definition) is 7. The van der Waals surface area contributed by atoms with E-state index in [1.54, 1.807) is 13.2 Å². The second kappa shape index (κ2) is 9.31. The predicted octanol–water partition coefficient (Wildman–Crippen LogP) is 1.73. The van der Waals surface area contributed by atoms with Gasteiger partial charge in [0.15, 0.2) is 11.5 Å². The van der Waals surface area contributed by atoms with Crippen molar-refractivity contribution >= 4 is 21.6 Å². The van der Waals surface area contributed by atoms with Gasteiger partial charge in [-0.3, -0.25) is 14.9 Å². The van der Waals surface area contributed by atoms with Crippen LogP contribution in [0.25, 0.3) is 0 Å². The van der Waals surface area contributed by atoms with E-state index >= 15 is 0 Å². The lowest BCUT2D eigenvalue weighted by molar-refractivity contribution is -0.385. The van der Waals surface area contributed by atoms with Crippen LogP contribution in [0.1, 0.15) is 21.5 Å². The first-order chi connectivity index (χ1) is 14.8. The normalized spacial score (nSPS) is 13.9. The fourth-order valence-electron chi connectivity index (χ4n) is 3.44. The monoisotopic (exact) mass is 449 g/mol. The number of methoxy groups -OCH3 is 2. The molecule has 0 fully saturated rings. The summed E-state index contributed by atoms with van der Waals surface area (Å²) in [5.74, 6) is 0.109.